The summed E-state index contributed by atoms with van der Waals surface area (Å²) in [6, 6.07) is 12.6. The highest BCUT2D eigenvalue weighted by Gasteiger charge is 2.21. The molecule has 0 bridgehead atoms. The van der Waals surface area contributed by atoms with E-state index in [9.17, 15) is 9.59 Å². The molecule has 0 aliphatic carbocycles. The molecule has 3 rings (SSSR count). The van der Waals surface area contributed by atoms with Crippen molar-refractivity contribution in [2.24, 2.45) is 0 Å². The molecule has 1 amide bonds. The van der Waals surface area contributed by atoms with Gasteiger partial charge in [-0.25, -0.2) is 4.79 Å². The molecule has 1 N–H and O–H groups in total. The van der Waals surface area contributed by atoms with Crippen molar-refractivity contribution in [1.82, 2.24) is 0 Å². The van der Waals surface area contributed by atoms with E-state index in [0.29, 0.717) is 17.9 Å². The molecule has 1 aliphatic rings. The molecule has 2 atom stereocenters. The van der Waals surface area contributed by atoms with Gasteiger partial charge in [-0.05, 0) is 68.0 Å². The lowest BCUT2D eigenvalue weighted by Gasteiger charge is -2.19. The van der Waals surface area contributed by atoms with Crippen LogP contribution in [0.25, 0.3) is 0 Å². The second kappa shape index (κ2) is 10.4. The quantitative estimate of drug-likeness (QED) is 0.612. The first-order valence-corrected chi connectivity index (χ1v) is 10.8. The van der Waals surface area contributed by atoms with Gasteiger partial charge >= 0.3 is 5.97 Å². The number of carbonyl (C=O) groups is 2. The highest BCUT2D eigenvalue weighted by Crippen LogP contribution is 2.27. The fourth-order valence-corrected chi connectivity index (χ4v) is 3.50. The molecule has 1 saturated heterocycles. The first kappa shape index (κ1) is 22.8. The summed E-state index contributed by atoms with van der Waals surface area (Å²) in [4.78, 5) is 25.1. The van der Waals surface area contributed by atoms with Gasteiger partial charge in [0.25, 0.3) is 5.91 Å². The van der Waals surface area contributed by atoms with Crippen molar-refractivity contribution >= 4 is 17.6 Å². The Kier molecular flexibility index (Phi) is 7.69. The molecule has 1 aliphatic heterocycles. The molecule has 31 heavy (non-hydrogen) atoms. The number of para-hydroxylation sites is 1. The van der Waals surface area contributed by atoms with E-state index in [2.05, 4.69) is 19.2 Å². The number of nitrogens with one attached hydrogen (secondary N) is 1. The molecule has 1 heterocycles. The summed E-state index contributed by atoms with van der Waals surface area (Å²) in [5.74, 6) is 0.0101. The summed E-state index contributed by atoms with van der Waals surface area (Å²) in [5, 5.41) is 2.92. The zero-order chi connectivity index (χ0) is 22.4. The lowest BCUT2D eigenvalue weighted by molar-refractivity contribution is -0.123. The van der Waals surface area contributed by atoms with Crippen molar-refractivity contribution in [3.63, 3.8) is 0 Å². The largest absolute Gasteiger partial charge is 0.491 e. The number of hydrogen-bond donors (Lipinski definition) is 1. The van der Waals surface area contributed by atoms with Crippen molar-refractivity contribution < 1.29 is 23.8 Å². The summed E-state index contributed by atoms with van der Waals surface area (Å²) >= 11 is 0. The summed E-state index contributed by atoms with van der Waals surface area (Å²) < 4.78 is 16.6. The van der Waals surface area contributed by atoms with Crippen LogP contribution < -0.4 is 10.1 Å². The highest BCUT2D eigenvalue weighted by molar-refractivity contribution is 5.98. The van der Waals surface area contributed by atoms with Gasteiger partial charge in [0.05, 0.1) is 11.7 Å². The smallest absolute Gasteiger partial charge is 0.338 e. The number of hydrogen-bond acceptors (Lipinski definition) is 5. The van der Waals surface area contributed by atoms with Crippen LogP contribution in [0.4, 0.5) is 5.69 Å². The van der Waals surface area contributed by atoms with Crippen LogP contribution in [0.2, 0.25) is 0 Å². The molecule has 0 radical (unpaired) electrons. The zero-order valence-electron chi connectivity index (χ0n) is 18.6. The fourth-order valence-electron chi connectivity index (χ4n) is 3.50. The third-order valence-corrected chi connectivity index (χ3v) is 5.38. The maximum Gasteiger partial charge on any atom is 0.338 e. The Morgan fingerprint density at radius 2 is 1.87 bits per heavy atom. The Bertz CT molecular complexity index is 901. The Balaban J connectivity index is 1.55. The topological polar surface area (TPSA) is 73.9 Å². The molecular weight excluding hydrogens is 394 g/mol. The standard InChI is InChI=1S/C25H31NO5/c1-16(2)22-9-5-7-17(3)23(22)26-24(27)18(4)31-25(28)19-10-12-20(13-11-19)30-15-21-8-6-14-29-21/h5,7,9-13,16,18,21H,6,8,14-15H2,1-4H3,(H,26,27)/t18-,21+/m1/s1. The van der Waals surface area contributed by atoms with Gasteiger partial charge in [-0.15, -0.1) is 0 Å². The van der Waals surface area contributed by atoms with Gasteiger partial charge in [0, 0.05) is 12.3 Å². The van der Waals surface area contributed by atoms with Gasteiger partial charge in [-0.1, -0.05) is 32.0 Å². The Labute approximate surface area is 183 Å². The molecule has 0 spiro atoms. The normalized spacial score (nSPS) is 16.7. The molecular formula is C25H31NO5. The molecule has 1 fully saturated rings. The zero-order valence-corrected chi connectivity index (χ0v) is 18.6. The first-order chi connectivity index (χ1) is 14.8. The van der Waals surface area contributed by atoms with E-state index < -0.39 is 12.1 Å². The Hall–Kier alpha value is -2.86. The van der Waals surface area contributed by atoms with E-state index in [1.54, 1.807) is 31.2 Å². The molecule has 6 nitrogen and oxygen atoms in total. The second-order valence-electron chi connectivity index (χ2n) is 8.20. The van der Waals surface area contributed by atoms with Crippen molar-refractivity contribution in [1.29, 1.82) is 0 Å². The highest BCUT2D eigenvalue weighted by atomic mass is 16.5. The molecule has 6 heteroatoms. The predicted molar refractivity (Wildman–Crippen MR) is 120 cm³/mol. The van der Waals surface area contributed by atoms with Gasteiger partial charge in [0.1, 0.15) is 12.4 Å². The summed E-state index contributed by atoms with van der Waals surface area (Å²) in [6.45, 7) is 8.94. The molecule has 0 aromatic heterocycles. The Morgan fingerprint density at radius 3 is 2.52 bits per heavy atom. The minimum Gasteiger partial charge on any atom is -0.491 e. The average molecular weight is 426 g/mol. The molecule has 0 unspecified atom stereocenters. The van der Waals surface area contributed by atoms with Crippen LogP contribution in [0.1, 0.15) is 61.0 Å². The van der Waals surface area contributed by atoms with Crippen LogP contribution >= 0.6 is 0 Å². The minimum atomic E-state index is -0.928. The SMILES string of the molecule is Cc1cccc(C(C)C)c1NC(=O)[C@@H](C)OC(=O)c1ccc(OC[C@@H]2CCCO2)cc1. The number of ether oxygens (including phenoxy) is 3. The maximum absolute atomic E-state index is 12.7. The van der Waals surface area contributed by atoms with Gasteiger partial charge in [-0.3, -0.25) is 4.79 Å². The first-order valence-electron chi connectivity index (χ1n) is 10.8. The summed E-state index contributed by atoms with van der Waals surface area (Å²) in [6.07, 6.45) is 1.27. The Morgan fingerprint density at radius 1 is 1.13 bits per heavy atom. The van der Waals surface area contributed by atoms with Crippen LogP contribution in [-0.4, -0.2) is 37.3 Å². The van der Waals surface area contributed by atoms with Crippen LogP contribution in [0.3, 0.4) is 0 Å². The number of esters is 1. The monoisotopic (exact) mass is 425 g/mol. The van der Waals surface area contributed by atoms with Crippen molar-refractivity contribution in [3.05, 3.63) is 59.2 Å². The molecule has 2 aromatic carbocycles. The van der Waals surface area contributed by atoms with E-state index in [4.69, 9.17) is 14.2 Å². The number of carbonyl (C=O) groups excluding carboxylic acids is 2. The summed E-state index contributed by atoms with van der Waals surface area (Å²) in [7, 11) is 0. The van der Waals surface area contributed by atoms with Crippen LogP contribution in [0.15, 0.2) is 42.5 Å². The van der Waals surface area contributed by atoms with Crippen molar-refractivity contribution in [3.8, 4) is 5.75 Å². The number of anilines is 1. The van der Waals surface area contributed by atoms with E-state index in [0.717, 1.165) is 36.3 Å². The van der Waals surface area contributed by atoms with E-state index in [1.165, 1.54) is 0 Å². The number of benzene rings is 2. The number of aryl methyl sites for hydroxylation is 1. The van der Waals surface area contributed by atoms with Crippen molar-refractivity contribution in [2.75, 3.05) is 18.5 Å². The van der Waals surface area contributed by atoms with Crippen LogP contribution in [-0.2, 0) is 14.3 Å². The number of rotatable bonds is 8. The minimum absolute atomic E-state index is 0.133. The molecule has 2 aromatic rings. The van der Waals surface area contributed by atoms with Gasteiger partial charge in [0.2, 0.25) is 0 Å². The van der Waals surface area contributed by atoms with Crippen LogP contribution in [0.5, 0.6) is 5.75 Å². The second-order valence-corrected chi connectivity index (χ2v) is 8.20. The lowest BCUT2D eigenvalue weighted by atomic mass is 9.98. The van der Waals surface area contributed by atoms with E-state index in [1.807, 2.05) is 25.1 Å². The third-order valence-electron chi connectivity index (χ3n) is 5.38. The lowest BCUT2D eigenvalue weighted by Crippen LogP contribution is -2.30. The molecule has 0 saturated carbocycles. The fraction of sp³-hybridized carbons (Fsp3) is 0.440. The van der Waals surface area contributed by atoms with Gasteiger partial charge in [0.15, 0.2) is 6.10 Å². The summed E-state index contributed by atoms with van der Waals surface area (Å²) in [5.41, 5.74) is 3.16. The van der Waals surface area contributed by atoms with E-state index in [-0.39, 0.29) is 17.9 Å². The predicted octanol–water partition coefficient (Wildman–Crippen LogP) is 4.86. The average Bonchev–Trinajstić information content (AvgIpc) is 3.27. The molecule has 166 valence electrons. The van der Waals surface area contributed by atoms with Gasteiger partial charge < -0.3 is 19.5 Å². The van der Waals surface area contributed by atoms with Crippen molar-refractivity contribution in [2.45, 2.75) is 58.7 Å². The van der Waals surface area contributed by atoms with Gasteiger partial charge in [-0.2, -0.15) is 0 Å². The van der Waals surface area contributed by atoms with E-state index >= 15 is 0 Å². The maximum atomic E-state index is 12.7. The third kappa shape index (κ3) is 6.07. The van der Waals surface area contributed by atoms with Crippen LogP contribution in [0, 0.1) is 6.92 Å². The number of amides is 1.